The largest absolute Gasteiger partial charge is 0.419 e. The lowest BCUT2D eigenvalue weighted by Gasteiger charge is -2.16. The van der Waals surface area contributed by atoms with E-state index < -0.39 is 17.6 Å². The number of nitrogens with one attached hydrogen (secondary N) is 1. The van der Waals surface area contributed by atoms with Crippen LogP contribution in [0.1, 0.15) is 5.56 Å². The van der Waals surface area contributed by atoms with Crippen molar-refractivity contribution in [1.82, 2.24) is 9.97 Å². The molecule has 0 fully saturated rings. The van der Waals surface area contributed by atoms with Crippen molar-refractivity contribution in [2.24, 2.45) is 0 Å². The zero-order chi connectivity index (χ0) is 19.7. The Morgan fingerprint density at radius 2 is 1.61 bits per heavy atom. The van der Waals surface area contributed by atoms with Crippen LogP contribution in [0.25, 0.3) is 22.2 Å². The first-order chi connectivity index (χ1) is 13.4. The summed E-state index contributed by atoms with van der Waals surface area (Å²) < 4.78 is 54.2. The van der Waals surface area contributed by atoms with Crippen LogP contribution in [0, 0.1) is 5.82 Å². The van der Waals surface area contributed by atoms with Crippen molar-refractivity contribution < 1.29 is 17.6 Å². The number of hydrogen-bond donors (Lipinski definition) is 1. The van der Waals surface area contributed by atoms with E-state index in [1.807, 2.05) is 0 Å². The Bertz CT molecular complexity index is 1160. The first kappa shape index (κ1) is 17.9. The second kappa shape index (κ2) is 6.92. The third kappa shape index (κ3) is 3.38. The Balaban J connectivity index is 1.89. The van der Waals surface area contributed by atoms with Gasteiger partial charge in [-0.15, -0.1) is 0 Å². The van der Waals surface area contributed by atoms with Crippen molar-refractivity contribution in [3.63, 3.8) is 0 Å². The number of aromatic nitrogens is 2. The molecule has 0 saturated heterocycles. The summed E-state index contributed by atoms with van der Waals surface area (Å²) >= 11 is 0. The van der Waals surface area contributed by atoms with Crippen molar-refractivity contribution in [1.29, 1.82) is 0 Å². The Labute approximate surface area is 157 Å². The van der Waals surface area contributed by atoms with Gasteiger partial charge < -0.3 is 5.32 Å². The predicted molar refractivity (Wildman–Crippen MR) is 99.7 cm³/mol. The van der Waals surface area contributed by atoms with Gasteiger partial charge in [0.2, 0.25) is 0 Å². The Morgan fingerprint density at radius 3 is 2.39 bits per heavy atom. The minimum Gasteiger partial charge on any atom is -0.354 e. The normalized spacial score (nSPS) is 11.6. The minimum absolute atomic E-state index is 0.140. The van der Waals surface area contributed by atoms with Crippen LogP contribution >= 0.6 is 0 Å². The van der Waals surface area contributed by atoms with Gasteiger partial charge in [0.1, 0.15) is 5.82 Å². The summed E-state index contributed by atoms with van der Waals surface area (Å²) in [6.07, 6.45) is -2.52. The lowest BCUT2D eigenvalue weighted by molar-refractivity contribution is -0.137. The number of alkyl halides is 3. The molecule has 0 aliphatic rings. The van der Waals surface area contributed by atoms with Crippen LogP contribution in [-0.2, 0) is 6.18 Å². The van der Waals surface area contributed by atoms with Crippen LogP contribution in [0.15, 0.2) is 73.1 Å². The first-order valence-electron chi connectivity index (χ1n) is 8.36. The molecule has 2 aromatic carbocycles. The highest BCUT2D eigenvalue weighted by Gasteiger charge is 2.34. The summed E-state index contributed by atoms with van der Waals surface area (Å²) in [5.41, 5.74) is 0.486. The van der Waals surface area contributed by atoms with Crippen LogP contribution in [0.4, 0.5) is 28.9 Å². The van der Waals surface area contributed by atoms with Gasteiger partial charge in [-0.1, -0.05) is 30.3 Å². The SMILES string of the molecule is Fc1ccccc1-c1cc(Nc2ccncc2C(F)(F)F)c2ccccc2n1. The summed E-state index contributed by atoms with van der Waals surface area (Å²) in [5, 5.41) is 3.45. The van der Waals surface area contributed by atoms with Gasteiger partial charge in [-0.2, -0.15) is 13.2 Å². The van der Waals surface area contributed by atoms with Crippen molar-refractivity contribution >= 4 is 22.3 Å². The Hall–Kier alpha value is -3.48. The van der Waals surface area contributed by atoms with Crippen molar-refractivity contribution in [3.05, 3.63) is 84.4 Å². The van der Waals surface area contributed by atoms with E-state index >= 15 is 0 Å². The van der Waals surface area contributed by atoms with Gasteiger partial charge in [-0.3, -0.25) is 4.98 Å². The number of fused-ring (bicyclic) bond motifs is 1. The molecule has 2 aromatic heterocycles. The minimum atomic E-state index is -4.56. The molecule has 1 N–H and O–H groups in total. The van der Waals surface area contributed by atoms with Gasteiger partial charge in [0, 0.05) is 23.3 Å². The fraction of sp³-hybridized carbons (Fsp3) is 0.0476. The molecule has 140 valence electrons. The van der Waals surface area contributed by atoms with Gasteiger partial charge >= 0.3 is 6.18 Å². The second-order valence-electron chi connectivity index (χ2n) is 6.10. The third-order valence-electron chi connectivity index (χ3n) is 4.26. The molecule has 28 heavy (non-hydrogen) atoms. The molecular weight excluding hydrogens is 370 g/mol. The molecule has 0 aliphatic carbocycles. The molecule has 3 nitrogen and oxygen atoms in total. The summed E-state index contributed by atoms with van der Waals surface area (Å²) in [6.45, 7) is 0. The molecule has 0 bridgehead atoms. The standard InChI is InChI=1S/C21H13F4N3/c22-16-7-3-1-5-13(16)19-11-20(14-6-2-4-8-17(14)27-19)28-18-9-10-26-12-15(18)21(23,24)25/h1-12H,(H,26,27,28). The van der Waals surface area contributed by atoms with Crippen LogP contribution in [0.3, 0.4) is 0 Å². The molecule has 4 aromatic rings. The van der Waals surface area contributed by atoms with E-state index in [4.69, 9.17) is 0 Å². The number of para-hydroxylation sites is 1. The molecule has 0 amide bonds. The monoisotopic (exact) mass is 383 g/mol. The van der Waals surface area contributed by atoms with Gasteiger partial charge in [-0.25, -0.2) is 9.37 Å². The maximum absolute atomic E-state index is 14.2. The Kier molecular flexibility index (Phi) is 4.43. The van der Waals surface area contributed by atoms with E-state index in [-0.39, 0.29) is 11.3 Å². The number of nitrogens with zero attached hydrogens (tertiary/aromatic N) is 2. The van der Waals surface area contributed by atoms with Crippen LogP contribution in [0.5, 0.6) is 0 Å². The molecule has 7 heteroatoms. The smallest absolute Gasteiger partial charge is 0.354 e. The summed E-state index contributed by atoms with van der Waals surface area (Å²) in [6, 6.07) is 15.9. The third-order valence-corrected chi connectivity index (χ3v) is 4.26. The number of hydrogen-bond acceptors (Lipinski definition) is 3. The molecule has 0 spiro atoms. The van der Waals surface area contributed by atoms with E-state index in [9.17, 15) is 17.6 Å². The number of rotatable bonds is 3. The number of pyridine rings is 2. The van der Waals surface area contributed by atoms with Crippen LogP contribution < -0.4 is 5.32 Å². The van der Waals surface area contributed by atoms with Gasteiger partial charge in [0.25, 0.3) is 0 Å². The van der Waals surface area contributed by atoms with Crippen LogP contribution in [-0.4, -0.2) is 9.97 Å². The average Bonchev–Trinajstić information content (AvgIpc) is 2.68. The van der Waals surface area contributed by atoms with Crippen molar-refractivity contribution in [2.75, 3.05) is 5.32 Å². The first-order valence-corrected chi connectivity index (χ1v) is 8.36. The topological polar surface area (TPSA) is 37.8 Å². The summed E-state index contributed by atoms with van der Waals surface area (Å²) in [7, 11) is 0. The van der Waals surface area contributed by atoms with E-state index in [0.29, 0.717) is 22.3 Å². The van der Waals surface area contributed by atoms with Crippen molar-refractivity contribution in [2.45, 2.75) is 6.18 Å². The second-order valence-corrected chi connectivity index (χ2v) is 6.10. The van der Waals surface area contributed by atoms with E-state index in [1.165, 1.54) is 18.3 Å². The summed E-state index contributed by atoms with van der Waals surface area (Å²) in [5.74, 6) is -0.462. The predicted octanol–water partition coefficient (Wildman–Crippen LogP) is 6.20. The van der Waals surface area contributed by atoms with Gasteiger partial charge in [0.15, 0.2) is 0 Å². The maximum Gasteiger partial charge on any atom is 0.419 e. The summed E-state index contributed by atoms with van der Waals surface area (Å²) in [4.78, 5) is 8.04. The molecular formula is C21H13F4N3. The molecule has 4 rings (SSSR count). The molecule has 2 heterocycles. The van der Waals surface area contributed by atoms with E-state index in [0.717, 1.165) is 6.20 Å². The lowest BCUT2D eigenvalue weighted by atomic mass is 10.1. The highest BCUT2D eigenvalue weighted by Crippen LogP contribution is 2.37. The Morgan fingerprint density at radius 1 is 0.857 bits per heavy atom. The molecule has 0 aliphatic heterocycles. The average molecular weight is 383 g/mol. The number of anilines is 2. The zero-order valence-corrected chi connectivity index (χ0v) is 14.3. The highest BCUT2D eigenvalue weighted by atomic mass is 19.4. The highest BCUT2D eigenvalue weighted by molar-refractivity contribution is 5.95. The van der Waals surface area contributed by atoms with E-state index in [2.05, 4.69) is 15.3 Å². The number of halogens is 4. The van der Waals surface area contributed by atoms with Crippen molar-refractivity contribution in [3.8, 4) is 11.3 Å². The number of benzene rings is 2. The fourth-order valence-corrected chi connectivity index (χ4v) is 2.96. The van der Waals surface area contributed by atoms with Gasteiger partial charge in [0.05, 0.1) is 28.1 Å². The molecule has 0 radical (unpaired) electrons. The van der Waals surface area contributed by atoms with Gasteiger partial charge in [-0.05, 0) is 30.3 Å². The fourth-order valence-electron chi connectivity index (χ4n) is 2.96. The van der Waals surface area contributed by atoms with Crippen LogP contribution in [0.2, 0.25) is 0 Å². The zero-order valence-electron chi connectivity index (χ0n) is 14.3. The quantitative estimate of drug-likeness (QED) is 0.428. The maximum atomic E-state index is 14.2. The van der Waals surface area contributed by atoms with E-state index in [1.54, 1.807) is 48.5 Å². The lowest BCUT2D eigenvalue weighted by Crippen LogP contribution is -2.09. The molecule has 0 saturated carbocycles. The molecule has 0 atom stereocenters. The molecule has 0 unspecified atom stereocenters.